The smallest absolute Gasteiger partial charge is 0.279 e. The highest BCUT2D eigenvalue weighted by molar-refractivity contribution is 8.16. The highest BCUT2D eigenvalue weighted by Gasteiger charge is 2.50. The van der Waals surface area contributed by atoms with E-state index < -0.39 is 9.84 Å². The second kappa shape index (κ2) is 7.42. The van der Waals surface area contributed by atoms with Gasteiger partial charge in [0.2, 0.25) is 0 Å². The number of amides is 1. The maximum Gasteiger partial charge on any atom is 0.279 e. The highest BCUT2D eigenvalue weighted by Crippen LogP contribution is 2.44. The number of nitrogens with zero attached hydrogens (tertiary/aromatic N) is 2. The molecule has 2 atom stereocenters. The van der Waals surface area contributed by atoms with Crippen molar-refractivity contribution in [2.24, 2.45) is 4.99 Å². The molecule has 146 valence electrons. The predicted octanol–water partition coefficient (Wildman–Crippen LogP) is 3.26. The molecule has 2 fully saturated rings. The van der Waals surface area contributed by atoms with Gasteiger partial charge < -0.3 is 9.64 Å². The van der Waals surface area contributed by atoms with Crippen molar-refractivity contribution in [3.8, 4) is 5.75 Å². The summed E-state index contributed by atoms with van der Waals surface area (Å²) in [6.07, 6.45) is 0. The van der Waals surface area contributed by atoms with Gasteiger partial charge in [-0.25, -0.2) is 8.42 Å². The molecule has 0 saturated carbocycles. The molecule has 2 aliphatic rings. The lowest BCUT2D eigenvalue weighted by molar-refractivity contribution is 0.100. The second-order valence-electron chi connectivity index (χ2n) is 6.55. The van der Waals surface area contributed by atoms with E-state index in [1.165, 1.54) is 18.9 Å². The first-order valence-corrected chi connectivity index (χ1v) is 11.6. The Hall–Kier alpha value is -2.03. The van der Waals surface area contributed by atoms with Crippen molar-refractivity contribution in [2.45, 2.75) is 11.3 Å². The maximum atomic E-state index is 12.6. The molecule has 9 heteroatoms. The van der Waals surface area contributed by atoms with Crippen LogP contribution in [0.2, 0.25) is 5.02 Å². The van der Waals surface area contributed by atoms with E-state index in [0.29, 0.717) is 27.2 Å². The fraction of sp³-hybridized carbons (Fsp3) is 0.263. The fourth-order valence-electron chi connectivity index (χ4n) is 3.43. The lowest BCUT2D eigenvalue weighted by atomic mass is 10.2. The van der Waals surface area contributed by atoms with Crippen LogP contribution in [0.4, 0.5) is 5.69 Å². The largest absolute Gasteiger partial charge is 0.495 e. The van der Waals surface area contributed by atoms with Crippen LogP contribution >= 0.6 is 23.4 Å². The molecule has 0 unspecified atom stereocenters. The summed E-state index contributed by atoms with van der Waals surface area (Å²) < 4.78 is 29.8. The van der Waals surface area contributed by atoms with Gasteiger partial charge in [0.05, 0.1) is 30.3 Å². The van der Waals surface area contributed by atoms with E-state index in [4.69, 9.17) is 16.3 Å². The first kappa shape index (κ1) is 19.3. The highest BCUT2D eigenvalue weighted by atomic mass is 35.5. The zero-order chi connectivity index (χ0) is 19.9. The molecule has 0 aliphatic carbocycles. The summed E-state index contributed by atoms with van der Waals surface area (Å²) in [6.45, 7) is 0. The Morgan fingerprint density at radius 2 is 1.96 bits per heavy atom. The topological polar surface area (TPSA) is 76.0 Å². The van der Waals surface area contributed by atoms with Crippen molar-refractivity contribution >= 4 is 50.0 Å². The summed E-state index contributed by atoms with van der Waals surface area (Å²) in [5.41, 5.74) is 1.07. The number of rotatable bonds is 3. The average molecular weight is 437 g/mol. The Morgan fingerprint density at radius 1 is 1.21 bits per heavy atom. The van der Waals surface area contributed by atoms with Gasteiger partial charge in [-0.1, -0.05) is 41.6 Å². The van der Waals surface area contributed by atoms with Crippen LogP contribution in [-0.4, -0.2) is 49.4 Å². The van der Waals surface area contributed by atoms with Crippen molar-refractivity contribution in [1.29, 1.82) is 0 Å². The van der Waals surface area contributed by atoms with Gasteiger partial charge in [-0.05, 0) is 30.3 Å². The number of fused-ring (bicyclic) bond motifs is 1. The molecule has 2 aliphatic heterocycles. The lowest BCUT2D eigenvalue weighted by Gasteiger charge is -2.26. The number of hydrogen-bond donors (Lipinski definition) is 0. The number of ether oxygens (including phenoxy) is 1. The van der Waals surface area contributed by atoms with Gasteiger partial charge in [-0.2, -0.15) is 4.99 Å². The van der Waals surface area contributed by atoms with Crippen molar-refractivity contribution in [2.75, 3.05) is 23.5 Å². The summed E-state index contributed by atoms with van der Waals surface area (Å²) in [6, 6.07) is 13.6. The molecule has 0 radical (unpaired) electrons. The second-order valence-corrected chi connectivity index (χ2v) is 10.3. The molecule has 2 aromatic carbocycles. The minimum absolute atomic E-state index is 0.00111. The van der Waals surface area contributed by atoms with Gasteiger partial charge in [0, 0.05) is 15.8 Å². The van der Waals surface area contributed by atoms with Crippen LogP contribution in [0, 0.1) is 0 Å². The van der Waals surface area contributed by atoms with Crippen molar-refractivity contribution in [1.82, 2.24) is 0 Å². The van der Waals surface area contributed by atoms with Gasteiger partial charge >= 0.3 is 0 Å². The zero-order valence-corrected chi connectivity index (χ0v) is 17.3. The molecule has 28 heavy (non-hydrogen) atoms. The Labute approximate surface area is 172 Å². The van der Waals surface area contributed by atoms with Gasteiger partial charge in [0.25, 0.3) is 5.91 Å². The van der Waals surface area contributed by atoms with Crippen LogP contribution in [0.1, 0.15) is 10.4 Å². The SMILES string of the molecule is COc1ccc(Cl)cc1N1C(=NC(=O)c2ccccc2)S[C@H]2CS(=O)(=O)C[C@@H]21. The molecule has 4 rings (SSSR count). The van der Waals surface area contributed by atoms with Crippen LogP contribution in [0.5, 0.6) is 5.75 Å². The van der Waals surface area contributed by atoms with Crippen molar-refractivity contribution in [3.05, 3.63) is 59.1 Å². The third-order valence-electron chi connectivity index (χ3n) is 4.68. The molecule has 2 saturated heterocycles. The van der Waals surface area contributed by atoms with Gasteiger partial charge in [-0.3, -0.25) is 4.79 Å². The summed E-state index contributed by atoms with van der Waals surface area (Å²) >= 11 is 7.50. The average Bonchev–Trinajstić information content (AvgIpc) is 3.13. The Bertz CT molecular complexity index is 1060. The minimum atomic E-state index is -3.16. The molecule has 6 nitrogen and oxygen atoms in total. The molecule has 1 amide bonds. The first-order chi connectivity index (χ1) is 13.4. The third kappa shape index (κ3) is 3.64. The quantitative estimate of drug-likeness (QED) is 0.735. The van der Waals surface area contributed by atoms with Crippen LogP contribution < -0.4 is 9.64 Å². The number of carbonyl (C=O) groups excluding carboxylic acids is 1. The minimum Gasteiger partial charge on any atom is -0.495 e. The van der Waals surface area contributed by atoms with E-state index in [1.54, 1.807) is 47.4 Å². The molecular formula is C19H17ClN2O4S2. The van der Waals surface area contributed by atoms with Gasteiger partial charge in [0.15, 0.2) is 15.0 Å². The zero-order valence-electron chi connectivity index (χ0n) is 14.9. The molecule has 0 spiro atoms. The number of sulfone groups is 1. The molecule has 2 heterocycles. The summed E-state index contributed by atoms with van der Waals surface area (Å²) in [5.74, 6) is 0.214. The summed E-state index contributed by atoms with van der Waals surface area (Å²) in [4.78, 5) is 18.7. The summed E-state index contributed by atoms with van der Waals surface area (Å²) in [7, 11) is -1.62. The van der Waals surface area contributed by atoms with E-state index >= 15 is 0 Å². The first-order valence-electron chi connectivity index (χ1n) is 8.56. The Kier molecular flexibility index (Phi) is 5.11. The number of halogens is 1. The van der Waals surface area contributed by atoms with E-state index in [9.17, 15) is 13.2 Å². The standard InChI is InChI=1S/C19H17ClN2O4S2/c1-26-16-8-7-13(20)9-14(16)22-15-10-28(24,25)11-17(15)27-19(22)21-18(23)12-5-3-2-4-6-12/h2-9,15,17H,10-11H2,1H3/t15-,17-/m0/s1. The van der Waals surface area contributed by atoms with E-state index in [-0.39, 0.29) is 28.7 Å². The van der Waals surface area contributed by atoms with E-state index in [1.807, 2.05) is 6.07 Å². The van der Waals surface area contributed by atoms with Crippen molar-refractivity contribution in [3.63, 3.8) is 0 Å². The fourth-order valence-corrected chi connectivity index (χ4v) is 7.50. The van der Waals surface area contributed by atoms with Crippen LogP contribution in [0.25, 0.3) is 0 Å². The maximum absolute atomic E-state index is 12.6. The van der Waals surface area contributed by atoms with Crippen molar-refractivity contribution < 1.29 is 17.9 Å². The number of methoxy groups -OCH3 is 1. The molecular weight excluding hydrogens is 420 g/mol. The molecule has 0 bridgehead atoms. The number of hydrogen-bond acceptors (Lipinski definition) is 5. The Balaban J connectivity index is 1.79. The van der Waals surface area contributed by atoms with Gasteiger partial charge in [0.1, 0.15) is 5.75 Å². The number of amidine groups is 1. The normalized spacial score (nSPS) is 24.4. The van der Waals surface area contributed by atoms with Crippen LogP contribution in [-0.2, 0) is 9.84 Å². The molecule has 0 N–H and O–H groups in total. The number of aliphatic imine (C=N–C) groups is 1. The number of carbonyl (C=O) groups is 1. The van der Waals surface area contributed by atoms with Gasteiger partial charge in [-0.15, -0.1) is 0 Å². The number of benzene rings is 2. The number of thioether (sulfide) groups is 1. The molecule has 0 aromatic heterocycles. The predicted molar refractivity (Wildman–Crippen MR) is 113 cm³/mol. The lowest BCUT2D eigenvalue weighted by Crippen LogP contribution is -2.38. The Morgan fingerprint density at radius 3 is 2.68 bits per heavy atom. The summed E-state index contributed by atoms with van der Waals surface area (Å²) in [5, 5.41) is 0.745. The van der Waals surface area contributed by atoms with Crippen LogP contribution in [0.15, 0.2) is 53.5 Å². The third-order valence-corrected chi connectivity index (χ3v) is 8.13. The van der Waals surface area contributed by atoms with E-state index in [0.717, 1.165) is 0 Å². The number of anilines is 1. The van der Waals surface area contributed by atoms with E-state index in [2.05, 4.69) is 4.99 Å². The van der Waals surface area contributed by atoms with Crippen LogP contribution in [0.3, 0.4) is 0 Å². The molecule has 2 aromatic rings. The monoisotopic (exact) mass is 436 g/mol.